The van der Waals surface area contributed by atoms with E-state index in [4.69, 9.17) is 16.3 Å². The smallest absolute Gasteiger partial charge is 0.337 e. The predicted octanol–water partition coefficient (Wildman–Crippen LogP) is 3.27. The molecule has 0 bridgehead atoms. The van der Waals surface area contributed by atoms with Gasteiger partial charge in [0, 0.05) is 6.04 Å². The first-order chi connectivity index (χ1) is 11.0. The number of hydrogen-bond acceptors (Lipinski definition) is 7. The van der Waals surface area contributed by atoms with Gasteiger partial charge in [0.1, 0.15) is 0 Å². The van der Waals surface area contributed by atoms with Crippen LogP contribution in [-0.2, 0) is 4.74 Å². The number of rotatable bonds is 6. The lowest BCUT2D eigenvalue weighted by Gasteiger charge is -2.12. The Morgan fingerprint density at radius 3 is 2.91 bits per heavy atom. The average Bonchev–Trinajstić information content (AvgIpc) is 2.56. The van der Waals surface area contributed by atoms with E-state index in [0.29, 0.717) is 28.0 Å². The molecule has 0 saturated carbocycles. The molecule has 1 heterocycles. The van der Waals surface area contributed by atoms with Gasteiger partial charge in [0.05, 0.1) is 29.6 Å². The van der Waals surface area contributed by atoms with E-state index in [1.165, 1.54) is 13.3 Å². The highest BCUT2D eigenvalue weighted by atomic mass is 35.5. The van der Waals surface area contributed by atoms with Crippen LogP contribution >= 0.6 is 11.6 Å². The number of carbonyl (C=O) groups excluding carboxylic acids is 1. The minimum Gasteiger partial charge on any atom is -0.465 e. The van der Waals surface area contributed by atoms with Crippen molar-refractivity contribution in [1.29, 1.82) is 0 Å². The molecule has 2 rings (SSSR count). The lowest BCUT2D eigenvalue weighted by molar-refractivity contribution is 0.0601. The van der Waals surface area contributed by atoms with Crippen molar-refractivity contribution in [3.8, 4) is 0 Å². The monoisotopic (exact) mass is 335 g/mol. The maximum atomic E-state index is 11.6. The minimum absolute atomic E-state index is 0.235. The first-order valence-electron chi connectivity index (χ1n) is 7.14. The Morgan fingerprint density at radius 1 is 1.43 bits per heavy atom. The molecule has 1 atom stereocenters. The molecule has 0 fully saturated rings. The molecule has 23 heavy (non-hydrogen) atoms. The van der Waals surface area contributed by atoms with E-state index in [1.54, 1.807) is 18.2 Å². The number of benzene rings is 1. The van der Waals surface area contributed by atoms with Gasteiger partial charge in [-0.05, 0) is 31.5 Å². The molecule has 1 aromatic carbocycles. The van der Waals surface area contributed by atoms with Crippen molar-refractivity contribution in [2.45, 2.75) is 26.3 Å². The standard InChI is InChI=1S/C15H18ClN5O2/c1-4-9(2)18-15-20-13(8-17-21-15)19-12-7-10(14(22)23-3)5-6-11(12)16/h5-9H,4H2,1-3H3,(H2,18,19,20,21). The van der Waals surface area contributed by atoms with Crippen molar-refractivity contribution in [2.24, 2.45) is 0 Å². The summed E-state index contributed by atoms with van der Waals surface area (Å²) >= 11 is 6.15. The third kappa shape index (κ3) is 4.53. The third-order valence-electron chi connectivity index (χ3n) is 3.20. The van der Waals surface area contributed by atoms with Gasteiger partial charge in [0.25, 0.3) is 0 Å². The van der Waals surface area contributed by atoms with Gasteiger partial charge in [0.15, 0.2) is 5.82 Å². The summed E-state index contributed by atoms with van der Waals surface area (Å²) in [6, 6.07) is 5.03. The fourth-order valence-electron chi connectivity index (χ4n) is 1.75. The van der Waals surface area contributed by atoms with Crippen LogP contribution in [0.25, 0.3) is 0 Å². The van der Waals surface area contributed by atoms with Crippen LogP contribution in [0.15, 0.2) is 24.4 Å². The van der Waals surface area contributed by atoms with Crippen molar-refractivity contribution in [2.75, 3.05) is 17.7 Å². The van der Waals surface area contributed by atoms with Crippen molar-refractivity contribution >= 4 is 35.0 Å². The zero-order valence-corrected chi connectivity index (χ0v) is 13.9. The Labute approximate surface area is 139 Å². The second kappa shape index (κ2) is 7.73. The summed E-state index contributed by atoms with van der Waals surface area (Å²) in [7, 11) is 1.32. The van der Waals surface area contributed by atoms with Crippen molar-refractivity contribution in [3.05, 3.63) is 35.0 Å². The summed E-state index contributed by atoms with van der Waals surface area (Å²) in [5, 5.41) is 14.5. The largest absolute Gasteiger partial charge is 0.465 e. The Bertz CT molecular complexity index is 695. The van der Waals surface area contributed by atoms with Crippen molar-refractivity contribution in [1.82, 2.24) is 15.2 Å². The number of halogens is 1. The molecule has 0 saturated heterocycles. The minimum atomic E-state index is -0.440. The number of carbonyl (C=O) groups is 1. The average molecular weight is 336 g/mol. The molecular weight excluding hydrogens is 318 g/mol. The van der Waals surface area contributed by atoms with Crippen LogP contribution in [0.1, 0.15) is 30.6 Å². The van der Waals surface area contributed by atoms with Crippen LogP contribution < -0.4 is 10.6 Å². The summed E-state index contributed by atoms with van der Waals surface area (Å²) in [6.45, 7) is 4.09. The van der Waals surface area contributed by atoms with Gasteiger partial charge in [-0.15, -0.1) is 5.10 Å². The van der Waals surface area contributed by atoms with E-state index >= 15 is 0 Å². The van der Waals surface area contributed by atoms with E-state index in [-0.39, 0.29) is 6.04 Å². The summed E-state index contributed by atoms with van der Waals surface area (Å²) in [6.07, 6.45) is 2.41. The van der Waals surface area contributed by atoms with E-state index in [2.05, 4.69) is 32.7 Å². The molecule has 0 aliphatic heterocycles. The zero-order valence-electron chi connectivity index (χ0n) is 13.1. The van der Waals surface area contributed by atoms with Gasteiger partial charge in [-0.25, -0.2) is 4.79 Å². The van der Waals surface area contributed by atoms with Crippen molar-refractivity contribution < 1.29 is 9.53 Å². The second-order valence-electron chi connectivity index (χ2n) is 4.93. The lowest BCUT2D eigenvalue weighted by Crippen LogP contribution is -2.16. The number of aromatic nitrogens is 3. The number of esters is 1. The van der Waals surface area contributed by atoms with Gasteiger partial charge >= 0.3 is 5.97 Å². The van der Waals surface area contributed by atoms with Crippen LogP contribution in [0.4, 0.5) is 17.5 Å². The molecule has 8 heteroatoms. The van der Waals surface area contributed by atoms with Crippen LogP contribution in [-0.4, -0.2) is 34.3 Å². The molecule has 1 aromatic heterocycles. The molecule has 122 valence electrons. The fourth-order valence-corrected chi connectivity index (χ4v) is 1.92. The normalized spacial score (nSPS) is 11.7. The third-order valence-corrected chi connectivity index (χ3v) is 3.53. The quantitative estimate of drug-likeness (QED) is 0.783. The molecular formula is C15H18ClN5O2. The van der Waals surface area contributed by atoms with Gasteiger partial charge in [0.2, 0.25) is 5.95 Å². The van der Waals surface area contributed by atoms with Gasteiger partial charge in [-0.3, -0.25) is 0 Å². The SMILES string of the molecule is CCC(C)Nc1nncc(Nc2cc(C(=O)OC)ccc2Cl)n1. The molecule has 0 spiro atoms. The van der Waals surface area contributed by atoms with Gasteiger partial charge in [-0.1, -0.05) is 18.5 Å². The number of hydrogen-bond donors (Lipinski definition) is 2. The van der Waals surface area contributed by atoms with E-state index in [9.17, 15) is 4.79 Å². The van der Waals surface area contributed by atoms with Crippen LogP contribution in [0.2, 0.25) is 5.02 Å². The molecule has 0 aliphatic carbocycles. The topological polar surface area (TPSA) is 89.0 Å². The number of nitrogens with one attached hydrogen (secondary N) is 2. The molecule has 0 amide bonds. The lowest BCUT2D eigenvalue weighted by atomic mass is 10.2. The van der Waals surface area contributed by atoms with Gasteiger partial charge < -0.3 is 15.4 Å². The first-order valence-corrected chi connectivity index (χ1v) is 7.52. The summed E-state index contributed by atoms with van der Waals surface area (Å²) < 4.78 is 4.70. The fraction of sp³-hybridized carbons (Fsp3) is 0.333. The molecule has 1 unspecified atom stereocenters. The number of ether oxygens (including phenoxy) is 1. The van der Waals surface area contributed by atoms with E-state index < -0.39 is 5.97 Å². The Morgan fingerprint density at radius 2 is 2.22 bits per heavy atom. The van der Waals surface area contributed by atoms with Gasteiger partial charge in [-0.2, -0.15) is 10.1 Å². The predicted molar refractivity (Wildman–Crippen MR) is 89.3 cm³/mol. The molecule has 7 nitrogen and oxygen atoms in total. The van der Waals surface area contributed by atoms with E-state index in [1.807, 2.05) is 6.92 Å². The van der Waals surface area contributed by atoms with E-state index in [0.717, 1.165) is 6.42 Å². The Hall–Kier alpha value is -2.41. The molecule has 0 aliphatic rings. The molecule has 2 N–H and O–H groups in total. The Balaban J connectivity index is 2.21. The Kier molecular flexibility index (Phi) is 5.70. The first kappa shape index (κ1) is 17.0. The molecule has 2 aromatic rings. The number of methoxy groups -OCH3 is 1. The highest BCUT2D eigenvalue weighted by molar-refractivity contribution is 6.33. The van der Waals surface area contributed by atoms with Crippen LogP contribution in [0.5, 0.6) is 0 Å². The maximum absolute atomic E-state index is 11.6. The maximum Gasteiger partial charge on any atom is 0.337 e. The van der Waals surface area contributed by atoms with Crippen LogP contribution in [0.3, 0.4) is 0 Å². The summed E-state index contributed by atoms with van der Waals surface area (Å²) in [5.41, 5.74) is 0.920. The number of nitrogens with zero attached hydrogens (tertiary/aromatic N) is 3. The summed E-state index contributed by atoms with van der Waals surface area (Å²) in [4.78, 5) is 15.9. The van der Waals surface area contributed by atoms with Crippen molar-refractivity contribution in [3.63, 3.8) is 0 Å². The molecule has 0 radical (unpaired) electrons. The summed E-state index contributed by atoms with van der Waals surface area (Å²) in [5.74, 6) is 0.448. The highest BCUT2D eigenvalue weighted by Crippen LogP contribution is 2.26. The number of anilines is 3. The van der Waals surface area contributed by atoms with Crippen LogP contribution in [0, 0.1) is 0 Å². The zero-order chi connectivity index (χ0) is 16.8. The second-order valence-corrected chi connectivity index (χ2v) is 5.34. The highest BCUT2D eigenvalue weighted by Gasteiger charge is 2.10.